The van der Waals surface area contributed by atoms with Crippen LogP contribution < -0.4 is 11.0 Å². The summed E-state index contributed by atoms with van der Waals surface area (Å²) in [6, 6.07) is 4.49. The lowest BCUT2D eigenvalue weighted by atomic mass is 9.79. The Morgan fingerprint density at radius 2 is 1.95 bits per heavy atom. The highest BCUT2D eigenvalue weighted by Crippen LogP contribution is 2.34. The molecule has 1 aromatic heterocycles. The average Bonchev–Trinajstić information content (AvgIpc) is 2.78. The molecule has 1 aromatic carbocycles. The van der Waals surface area contributed by atoms with E-state index in [-0.39, 0.29) is 5.69 Å². The van der Waals surface area contributed by atoms with E-state index in [1.54, 1.807) is 0 Å². The molecular weight excluding hydrogens is 330 g/mol. The van der Waals surface area contributed by atoms with Crippen LogP contribution in [0.2, 0.25) is 0 Å². The number of anilines is 1. The van der Waals surface area contributed by atoms with Crippen LogP contribution in [0.4, 0.5) is 5.69 Å². The van der Waals surface area contributed by atoms with Crippen molar-refractivity contribution in [3.8, 4) is 0 Å². The van der Waals surface area contributed by atoms with E-state index < -0.39 is 0 Å². The molecule has 5 heteroatoms. The zero-order chi connectivity index (χ0) is 15.0. The molecular formula is C16H22BrN3O. The van der Waals surface area contributed by atoms with Crippen molar-refractivity contribution < 1.29 is 0 Å². The Balaban J connectivity index is 1.80. The van der Waals surface area contributed by atoms with Crippen molar-refractivity contribution in [2.45, 2.75) is 45.6 Å². The first kappa shape index (κ1) is 14.7. The third-order valence-corrected chi connectivity index (χ3v) is 5.28. The Morgan fingerprint density at radius 1 is 1.24 bits per heavy atom. The number of hydrogen-bond donors (Lipinski definition) is 3. The number of H-pyrrole nitrogens is 2. The first-order chi connectivity index (χ1) is 10.0. The predicted molar refractivity (Wildman–Crippen MR) is 90.8 cm³/mol. The van der Waals surface area contributed by atoms with Gasteiger partial charge in [0, 0.05) is 10.5 Å². The molecule has 114 valence electrons. The molecule has 1 aliphatic carbocycles. The maximum Gasteiger partial charge on any atom is 0.323 e. The summed E-state index contributed by atoms with van der Waals surface area (Å²) in [4.78, 5) is 17.0. The van der Waals surface area contributed by atoms with Gasteiger partial charge in [-0.2, -0.15) is 0 Å². The van der Waals surface area contributed by atoms with E-state index in [1.807, 2.05) is 12.1 Å². The fraction of sp³-hybridized carbons (Fsp3) is 0.562. The molecule has 1 fully saturated rings. The van der Waals surface area contributed by atoms with Crippen LogP contribution in [0.3, 0.4) is 0 Å². The van der Waals surface area contributed by atoms with Crippen LogP contribution in [0.1, 0.15) is 39.5 Å². The first-order valence-corrected chi connectivity index (χ1v) is 8.50. The van der Waals surface area contributed by atoms with E-state index in [0.717, 1.165) is 33.0 Å². The largest absolute Gasteiger partial charge is 0.381 e. The Bertz CT molecular complexity index is 688. The molecule has 0 radical (unpaired) electrons. The van der Waals surface area contributed by atoms with Gasteiger partial charge in [-0.25, -0.2) is 4.79 Å². The molecule has 2 atom stereocenters. The van der Waals surface area contributed by atoms with E-state index in [0.29, 0.717) is 6.04 Å². The second-order valence-corrected chi connectivity index (χ2v) is 7.32. The molecule has 2 aromatic rings. The van der Waals surface area contributed by atoms with Crippen LogP contribution in [-0.4, -0.2) is 16.0 Å². The smallest absolute Gasteiger partial charge is 0.323 e. The average molecular weight is 352 g/mol. The summed E-state index contributed by atoms with van der Waals surface area (Å²) in [5, 5.41) is 3.65. The maximum absolute atomic E-state index is 11.4. The zero-order valence-corrected chi connectivity index (χ0v) is 14.1. The Hall–Kier alpha value is -1.23. The molecule has 2 unspecified atom stereocenters. The fourth-order valence-electron chi connectivity index (χ4n) is 3.35. The highest BCUT2D eigenvalue weighted by atomic mass is 79.9. The number of nitrogens with one attached hydrogen (secondary N) is 3. The van der Waals surface area contributed by atoms with Gasteiger partial charge in [0.15, 0.2) is 0 Å². The molecule has 1 saturated carbocycles. The van der Waals surface area contributed by atoms with Crippen molar-refractivity contribution >= 4 is 32.7 Å². The van der Waals surface area contributed by atoms with Crippen LogP contribution in [0.5, 0.6) is 0 Å². The van der Waals surface area contributed by atoms with Crippen molar-refractivity contribution in [3.05, 3.63) is 27.1 Å². The van der Waals surface area contributed by atoms with E-state index >= 15 is 0 Å². The number of imidazole rings is 1. The number of aromatic amines is 2. The highest BCUT2D eigenvalue weighted by Gasteiger charge is 2.24. The lowest BCUT2D eigenvalue weighted by molar-refractivity contribution is 0.264. The van der Waals surface area contributed by atoms with Gasteiger partial charge >= 0.3 is 5.69 Å². The molecule has 3 rings (SSSR count). The van der Waals surface area contributed by atoms with E-state index in [4.69, 9.17) is 0 Å². The number of aromatic nitrogens is 2. The Kier molecular flexibility index (Phi) is 4.11. The molecule has 0 aliphatic heterocycles. The van der Waals surface area contributed by atoms with Crippen LogP contribution in [0.25, 0.3) is 11.0 Å². The molecule has 3 N–H and O–H groups in total. The summed E-state index contributed by atoms with van der Waals surface area (Å²) in [6.45, 7) is 4.64. The van der Waals surface area contributed by atoms with Gasteiger partial charge in [-0.1, -0.05) is 26.7 Å². The number of benzene rings is 1. The van der Waals surface area contributed by atoms with Crippen molar-refractivity contribution in [1.82, 2.24) is 9.97 Å². The summed E-state index contributed by atoms with van der Waals surface area (Å²) in [5.74, 6) is 1.56. The van der Waals surface area contributed by atoms with E-state index in [1.165, 1.54) is 25.7 Å². The summed E-state index contributed by atoms with van der Waals surface area (Å²) in [6.07, 6.45) is 5.09. The number of hydrogen-bond acceptors (Lipinski definition) is 2. The molecule has 1 heterocycles. The minimum atomic E-state index is -0.161. The van der Waals surface area contributed by atoms with Gasteiger partial charge in [0.25, 0.3) is 0 Å². The van der Waals surface area contributed by atoms with Crippen LogP contribution in [0.15, 0.2) is 21.4 Å². The summed E-state index contributed by atoms with van der Waals surface area (Å²) < 4.78 is 0.997. The first-order valence-electron chi connectivity index (χ1n) is 7.71. The molecule has 0 bridgehead atoms. The Morgan fingerprint density at radius 3 is 2.67 bits per heavy atom. The van der Waals surface area contributed by atoms with Gasteiger partial charge in [0.2, 0.25) is 0 Å². The number of rotatable bonds is 3. The summed E-state index contributed by atoms with van der Waals surface area (Å²) in [5.41, 5.74) is 2.58. The van der Waals surface area contributed by atoms with E-state index in [2.05, 4.69) is 45.1 Å². The maximum atomic E-state index is 11.4. The minimum absolute atomic E-state index is 0.161. The highest BCUT2D eigenvalue weighted by molar-refractivity contribution is 9.10. The normalized spacial score (nSPS) is 22.9. The van der Waals surface area contributed by atoms with Crippen LogP contribution in [-0.2, 0) is 0 Å². The molecule has 1 aliphatic rings. The molecule has 0 saturated heterocycles. The molecule has 21 heavy (non-hydrogen) atoms. The quantitative estimate of drug-likeness (QED) is 0.774. The third-order valence-electron chi connectivity index (χ3n) is 4.62. The van der Waals surface area contributed by atoms with Crippen LogP contribution in [0, 0.1) is 11.8 Å². The second kappa shape index (κ2) is 5.87. The topological polar surface area (TPSA) is 60.7 Å². The van der Waals surface area contributed by atoms with Crippen molar-refractivity contribution in [2.24, 2.45) is 11.8 Å². The predicted octanol–water partition coefficient (Wildman–Crippen LogP) is 4.25. The summed E-state index contributed by atoms with van der Waals surface area (Å²) >= 11 is 3.60. The van der Waals surface area contributed by atoms with Crippen molar-refractivity contribution in [1.29, 1.82) is 0 Å². The molecule has 0 amide bonds. The van der Waals surface area contributed by atoms with Crippen LogP contribution >= 0.6 is 15.9 Å². The fourth-order valence-corrected chi connectivity index (χ4v) is 3.81. The van der Waals surface area contributed by atoms with Gasteiger partial charge in [-0.3, -0.25) is 0 Å². The zero-order valence-electron chi connectivity index (χ0n) is 12.5. The van der Waals surface area contributed by atoms with Crippen molar-refractivity contribution in [3.63, 3.8) is 0 Å². The summed E-state index contributed by atoms with van der Waals surface area (Å²) in [7, 11) is 0. The van der Waals surface area contributed by atoms with E-state index in [9.17, 15) is 4.79 Å². The standard InChI is InChI=1S/C16H22BrN3O/c1-9(2)10-4-3-5-11(6-10)18-13-8-15-14(7-12(13)17)19-16(21)20-15/h7-11,18H,3-6H2,1-2H3,(H2,19,20,21). The van der Waals surface area contributed by atoms with Gasteiger partial charge in [0.05, 0.1) is 16.7 Å². The van der Waals surface area contributed by atoms with Gasteiger partial charge in [-0.05, 0) is 52.7 Å². The second-order valence-electron chi connectivity index (χ2n) is 6.47. The third kappa shape index (κ3) is 3.18. The lowest BCUT2D eigenvalue weighted by Crippen LogP contribution is -2.29. The molecule has 4 nitrogen and oxygen atoms in total. The minimum Gasteiger partial charge on any atom is -0.381 e. The SMILES string of the molecule is CC(C)C1CCCC(Nc2cc3[nH]c(=O)[nH]c3cc2Br)C1. The number of fused-ring (bicyclic) bond motifs is 1. The van der Waals surface area contributed by atoms with Gasteiger partial charge in [0.1, 0.15) is 0 Å². The monoisotopic (exact) mass is 351 g/mol. The lowest BCUT2D eigenvalue weighted by Gasteiger charge is -2.33. The van der Waals surface area contributed by atoms with Gasteiger partial charge in [-0.15, -0.1) is 0 Å². The van der Waals surface area contributed by atoms with Gasteiger partial charge < -0.3 is 15.3 Å². The van der Waals surface area contributed by atoms with Crippen molar-refractivity contribution in [2.75, 3.05) is 5.32 Å². The number of halogens is 1. The molecule has 0 spiro atoms. The Labute approximate surface area is 132 Å².